The number of carbonyl (C=O) groups excluding carboxylic acids is 1. The van der Waals surface area contributed by atoms with E-state index in [0.29, 0.717) is 6.54 Å². The Morgan fingerprint density at radius 3 is 2.50 bits per heavy atom. The molecule has 0 saturated heterocycles. The van der Waals surface area contributed by atoms with Gasteiger partial charge in [0, 0.05) is 25.0 Å². The van der Waals surface area contributed by atoms with Crippen LogP contribution in [0, 0.1) is 0 Å². The molecule has 1 N–H and O–H groups in total. The molecule has 0 atom stereocenters. The topological polar surface area (TPSA) is 32.3 Å². The maximum Gasteiger partial charge on any atom is 0.233 e. The molecule has 0 radical (unpaired) electrons. The van der Waals surface area contributed by atoms with Crippen LogP contribution in [0.4, 0.5) is 0 Å². The van der Waals surface area contributed by atoms with E-state index in [4.69, 9.17) is 0 Å². The normalized spacial score (nSPS) is 9.93. The van der Waals surface area contributed by atoms with Crippen LogP contribution in [0.5, 0.6) is 0 Å². The number of carbonyl (C=O) groups is 1. The minimum absolute atomic E-state index is 0.00196. The molecular weight excluding hydrogens is 244 g/mol. The van der Waals surface area contributed by atoms with Gasteiger partial charge in [-0.3, -0.25) is 9.80 Å². The Morgan fingerprint density at radius 1 is 1.43 bits per heavy atom. The third-order valence-corrected chi connectivity index (χ3v) is 2.43. The third kappa shape index (κ3) is 3.47. The average molecular weight is 257 g/mol. The summed E-state index contributed by atoms with van der Waals surface area (Å²) >= 11 is 3.36. The van der Waals surface area contributed by atoms with Gasteiger partial charge in [-0.2, -0.15) is 0 Å². The Bertz CT molecular complexity index is 310. The van der Waals surface area contributed by atoms with Gasteiger partial charge in [0.25, 0.3) is 0 Å². The molecule has 0 unspecified atom stereocenters. The zero-order chi connectivity index (χ0) is 10.6. The second-order valence-corrected chi connectivity index (χ2v) is 3.96. The number of hydrogen-bond acceptors (Lipinski definition) is 2. The highest BCUT2D eigenvalue weighted by atomic mass is 79.9. The fourth-order valence-electron chi connectivity index (χ4n) is 0.923. The zero-order valence-electron chi connectivity index (χ0n) is 8.25. The predicted molar refractivity (Wildman–Crippen MR) is 59.4 cm³/mol. The molecule has 0 aliphatic carbocycles. The first kappa shape index (κ1) is 11.2. The Hall–Kier alpha value is -0.870. The lowest BCUT2D eigenvalue weighted by atomic mass is 10.2. The molecule has 14 heavy (non-hydrogen) atoms. The van der Waals surface area contributed by atoms with Crippen LogP contribution in [-0.4, -0.2) is 18.0 Å². The lowest BCUT2D eigenvalue weighted by Crippen LogP contribution is -2.37. The van der Waals surface area contributed by atoms with Crippen molar-refractivity contribution in [3.8, 4) is 0 Å². The number of amides is 1. The summed E-state index contributed by atoms with van der Waals surface area (Å²) in [5, 5.41) is 1.47. The summed E-state index contributed by atoms with van der Waals surface area (Å²) in [6.45, 7) is 2.18. The molecule has 3 nitrogen and oxygen atoms in total. The second-order valence-electron chi connectivity index (χ2n) is 3.04. The van der Waals surface area contributed by atoms with Crippen molar-refractivity contribution in [2.24, 2.45) is 0 Å². The van der Waals surface area contributed by atoms with Crippen molar-refractivity contribution in [2.45, 2.75) is 13.5 Å². The van der Waals surface area contributed by atoms with Gasteiger partial charge in [0.15, 0.2) is 0 Å². The van der Waals surface area contributed by atoms with Gasteiger partial charge in [0.1, 0.15) is 0 Å². The summed E-state index contributed by atoms with van der Waals surface area (Å²) in [6.07, 6.45) is 0. The molecule has 0 aliphatic heterocycles. The number of rotatable bonds is 3. The highest BCUT2D eigenvalue weighted by molar-refractivity contribution is 9.10. The molecule has 1 aromatic rings. The molecule has 0 heterocycles. The monoisotopic (exact) mass is 256 g/mol. The van der Waals surface area contributed by atoms with E-state index in [1.807, 2.05) is 24.3 Å². The molecule has 1 rings (SSSR count). The van der Waals surface area contributed by atoms with E-state index in [0.717, 1.165) is 10.0 Å². The maximum atomic E-state index is 10.9. The third-order valence-electron chi connectivity index (χ3n) is 1.91. The van der Waals surface area contributed by atoms with Gasteiger partial charge in [-0.25, -0.2) is 5.43 Å². The Labute approximate surface area is 92.2 Å². The fraction of sp³-hybridized carbons (Fsp3) is 0.300. The number of hydrogen-bond donors (Lipinski definition) is 1. The number of benzene rings is 1. The summed E-state index contributed by atoms with van der Waals surface area (Å²) in [6, 6.07) is 7.96. The van der Waals surface area contributed by atoms with E-state index >= 15 is 0 Å². The van der Waals surface area contributed by atoms with Crippen LogP contribution in [-0.2, 0) is 11.3 Å². The Kier molecular flexibility index (Phi) is 4.10. The predicted octanol–water partition coefficient (Wildman–Crippen LogP) is 1.93. The molecule has 76 valence electrons. The van der Waals surface area contributed by atoms with Crippen molar-refractivity contribution < 1.29 is 4.79 Å². The number of nitrogens with one attached hydrogen (secondary N) is 1. The van der Waals surface area contributed by atoms with Crippen molar-refractivity contribution in [3.05, 3.63) is 34.3 Å². The van der Waals surface area contributed by atoms with Gasteiger partial charge >= 0.3 is 0 Å². The molecule has 0 fully saturated rings. The lowest BCUT2D eigenvalue weighted by molar-refractivity contribution is -0.130. The van der Waals surface area contributed by atoms with Gasteiger partial charge < -0.3 is 0 Å². The van der Waals surface area contributed by atoms with Crippen molar-refractivity contribution in [1.82, 2.24) is 10.4 Å². The van der Waals surface area contributed by atoms with Crippen LogP contribution in [0.1, 0.15) is 12.5 Å². The van der Waals surface area contributed by atoms with E-state index in [-0.39, 0.29) is 5.91 Å². The molecule has 0 aliphatic rings. The van der Waals surface area contributed by atoms with E-state index < -0.39 is 0 Å². The van der Waals surface area contributed by atoms with Crippen LogP contribution in [0.25, 0.3) is 0 Å². The van der Waals surface area contributed by atoms with Crippen LogP contribution >= 0.6 is 15.9 Å². The molecule has 0 spiro atoms. The van der Waals surface area contributed by atoms with Crippen LogP contribution in [0.15, 0.2) is 28.7 Å². The van der Waals surface area contributed by atoms with E-state index in [9.17, 15) is 4.79 Å². The molecule has 1 amide bonds. The summed E-state index contributed by atoms with van der Waals surface area (Å²) in [7, 11) is 1.71. The molecule has 0 saturated carbocycles. The zero-order valence-corrected chi connectivity index (χ0v) is 9.84. The highest BCUT2D eigenvalue weighted by Crippen LogP contribution is 2.10. The molecule has 0 aromatic heterocycles. The fourth-order valence-corrected chi connectivity index (χ4v) is 1.19. The first-order chi connectivity index (χ1) is 6.59. The average Bonchev–Trinajstić information content (AvgIpc) is 2.16. The van der Waals surface area contributed by atoms with Crippen LogP contribution < -0.4 is 5.43 Å². The molecule has 1 aromatic carbocycles. The summed E-state index contributed by atoms with van der Waals surface area (Å²) in [5.74, 6) is 0.00196. The number of halogens is 1. The van der Waals surface area contributed by atoms with Crippen molar-refractivity contribution >= 4 is 21.8 Å². The minimum atomic E-state index is 0.00196. The van der Waals surface area contributed by atoms with E-state index in [1.54, 1.807) is 7.05 Å². The van der Waals surface area contributed by atoms with Gasteiger partial charge in [0.2, 0.25) is 5.91 Å². The standard InChI is InChI=1S/C10H13BrN2O/c1-8(14)13(2)12-7-9-3-5-10(11)6-4-9/h3-6,12H,7H2,1-2H3. The summed E-state index contributed by atoms with van der Waals surface area (Å²) in [5.41, 5.74) is 4.13. The maximum absolute atomic E-state index is 10.9. The van der Waals surface area contributed by atoms with Gasteiger partial charge in [-0.15, -0.1) is 0 Å². The smallest absolute Gasteiger partial charge is 0.233 e. The van der Waals surface area contributed by atoms with Crippen LogP contribution in [0.3, 0.4) is 0 Å². The second kappa shape index (κ2) is 5.12. The molecular formula is C10H13BrN2O. The quantitative estimate of drug-likeness (QED) is 0.839. The lowest BCUT2D eigenvalue weighted by Gasteiger charge is -2.16. The van der Waals surface area contributed by atoms with Gasteiger partial charge in [0.05, 0.1) is 0 Å². The Morgan fingerprint density at radius 2 is 2.00 bits per heavy atom. The largest absolute Gasteiger partial charge is 0.281 e. The first-order valence-electron chi connectivity index (χ1n) is 4.32. The van der Waals surface area contributed by atoms with E-state index in [2.05, 4.69) is 21.4 Å². The Balaban J connectivity index is 2.46. The number of hydrazine groups is 1. The van der Waals surface area contributed by atoms with Crippen molar-refractivity contribution in [3.63, 3.8) is 0 Å². The van der Waals surface area contributed by atoms with Gasteiger partial charge in [-0.05, 0) is 17.7 Å². The van der Waals surface area contributed by atoms with Gasteiger partial charge in [-0.1, -0.05) is 28.1 Å². The van der Waals surface area contributed by atoms with E-state index in [1.165, 1.54) is 11.9 Å². The van der Waals surface area contributed by atoms with Crippen molar-refractivity contribution in [2.75, 3.05) is 7.05 Å². The first-order valence-corrected chi connectivity index (χ1v) is 5.11. The number of nitrogens with zero attached hydrogens (tertiary/aromatic N) is 1. The molecule has 0 bridgehead atoms. The highest BCUT2D eigenvalue weighted by Gasteiger charge is 2.00. The summed E-state index contributed by atoms with van der Waals surface area (Å²) < 4.78 is 1.06. The molecule has 4 heteroatoms. The van der Waals surface area contributed by atoms with Crippen LogP contribution in [0.2, 0.25) is 0 Å². The summed E-state index contributed by atoms with van der Waals surface area (Å²) in [4.78, 5) is 10.9. The minimum Gasteiger partial charge on any atom is -0.281 e. The SMILES string of the molecule is CC(=O)N(C)NCc1ccc(Br)cc1. The van der Waals surface area contributed by atoms with Crippen molar-refractivity contribution in [1.29, 1.82) is 0 Å².